The highest BCUT2D eigenvalue weighted by Crippen LogP contribution is 2.29. The van der Waals surface area contributed by atoms with Crippen molar-refractivity contribution in [1.82, 2.24) is 13.8 Å². The van der Waals surface area contributed by atoms with Crippen LogP contribution in [-0.2, 0) is 21.4 Å². The predicted molar refractivity (Wildman–Crippen MR) is 95.1 cm³/mol. The third-order valence-corrected chi connectivity index (χ3v) is 6.57. The topological polar surface area (TPSA) is 92.8 Å². The van der Waals surface area contributed by atoms with Crippen molar-refractivity contribution in [3.05, 3.63) is 34.8 Å². The minimum atomic E-state index is -3.28. The Morgan fingerprint density at radius 2 is 1.96 bits per heavy atom. The molecule has 9 heteroatoms. The maximum Gasteiger partial charge on any atom is 0.420 e. The van der Waals surface area contributed by atoms with E-state index in [1.165, 1.54) is 15.1 Å². The smallest absolute Gasteiger partial charge is 0.408 e. The molecule has 3 aliphatic heterocycles. The molecule has 5 rings (SSSR count). The number of fused-ring (bicyclic) bond motifs is 5. The normalized spacial score (nSPS) is 24.1. The van der Waals surface area contributed by atoms with E-state index in [-0.39, 0.29) is 24.4 Å². The van der Waals surface area contributed by atoms with Crippen LogP contribution in [0, 0.1) is 5.92 Å². The number of piperidine rings is 1. The molecule has 0 saturated carbocycles. The Labute approximate surface area is 151 Å². The average Bonchev–Trinajstić information content (AvgIpc) is 2.77. The molecule has 140 valence electrons. The first kappa shape index (κ1) is 17.3. The van der Waals surface area contributed by atoms with Gasteiger partial charge in [0.15, 0.2) is 5.58 Å². The number of oxazole rings is 1. The molecule has 8 nitrogen and oxygen atoms in total. The first-order valence-corrected chi connectivity index (χ1v) is 10.5. The van der Waals surface area contributed by atoms with E-state index in [1.807, 2.05) is 0 Å². The number of rotatable bonds is 3. The molecule has 4 heterocycles. The Morgan fingerprint density at radius 3 is 2.73 bits per heavy atom. The number of carbonyl (C=O) groups is 1. The predicted octanol–water partition coefficient (Wildman–Crippen LogP) is 0.477. The van der Waals surface area contributed by atoms with Crippen LogP contribution in [-0.4, -0.2) is 60.0 Å². The molecule has 3 fully saturated rings. The number of hydrogen-bond acceptors (Lipinski definition) is 5. The summed E-state index contributed by atoms with van der Waals surface area (Å²) in [5, 5.41) is 0. The molecule has 0 spiro atoms. The van der Waals surface area contributed by atoms with Crippen molar-refractivity contribution in [2.24, 2.45) is 5.92 Å². The van der Waals surface area contributed by atoms with Gasteiger partial charge in [0.2, 0.25) is 15.9 Å². The van der Waals surface area contributed by atoms with Gasteiger partial charge in [-0.1, -0.05) is 12.1 Å². The van der Waals surface area contributed by atoms with Crippen LogP contribution in [0.4, 0.5) is 0 Å². The molecule has 1 amide bonds. The lowest BCUT2D eigenvalue weighted by molar-refractivity contribution is -0.135. The fourth-order valence-corrected chi connectivity index (χ4v) is 4.93. The average molecular weight is 379 g/mol. The van der Waals surface area contributed by atoms with E-state index in [0.29, 0.717) is 30.7 Å². The quantitative estimate of drug-likeness (QED) is 0.773. The van der Waals surface area contributed by atoms with Crippen molar-refractivity contribution in [3.8, 4) is 0 Å². The summed E-state index contributed by atoms with van der Waals surface area (Å²) in [6.45, 7) is 1.20. The van der Waals surface area contributed by atoms with Crippen molar-refractivity contribution in [2.75, 3.05) is 25.9 Å². The number of hydrogen-bond donors (Lipinski definition) is 0. The minimum absolute atomic E-state index is 0.0993. The van der Waals surface area contributed by atoms with Crippen molar-refractivity contribution in [2.45, 2.75) is 25.4 Å². The molecule has 26 heavy (non-hydrogen) atoms. The zero-order valence-electron chi connectivity index (χ0n) is 14.5. The molecular formula is C17H21N3O5S. The highest BCUT2D eigenvalue weighted by atomic mass is 32.2. The fourth-order valence-electron chi connectivity index (χ4n) is 4.00. The number of benzene rings is 1. The molecule has 2 atom stereocenters. The maximum atomic E-state index is 12.9. The van der Waals surface area contributed by atoms with Gasteiger partial charge in [-0.15, -0.1) is 0 Å². The van der Waals surface area contributed by atoms with E-state index in [2.05, 4.69) is 0 Å². The largest absolute Gasteiger partial charge is 0.420 e. The van der Waals surface area contributed by atoms with Gasteiger partial charge in [0.1, 0.15) is 6.54 Å². The van der Waals surface area contributed by atoms with Gasteiger partial charge >= 0.3 is 5.76 Å². The van der Waals surface area contributed by atoms with E-state index in [0.717, 1.165) is 12.8 Å². The van der Waals surface area contributed by atoms with Gasteiger partial charge in [-0.25, -0.2) is 13.2 Å². The van der Waals surface area contributed by atoms with Gasteiger partial charge < -0.3 is 9.32 Å². The van der Waals surface area contributed by atoms with Crippen LogP contribution in [0.15, 0.2) is 33.5 Å². The summed E-state index contributed by atoms with van der Waals surface area (Å²) in [6.07, 6.45) is 2.90. The number of aromatic nitrogens is 1. The first-order chi connectivity index (χ1) is 12.3. The van der Waals surface area contributed by atoms with Gasteiger partial charge in [0.25, 0.3) is 0 Å². The van der Waals surface area contributed by atoms with Crippen molar-refractivity contribution in [3.63, 3.8) is 0 Å². The molecule has 3 aliphatic rings. The fraction of sp³-hybridized carbons (Fsp3) is 0.529. The van der Waals surface area contributed by atoms with E-state index >= 15 is 0 Å². The van der Waals surface area contributed by atoms with E-state index in [1.54, 1.807) is 29.2 Å². The van der Waals surface area contributed by atoms with Crippen LogP contribution in [0.2, 0.25) is 0 Å². The molecular weight excluding hydrogens is 358 g/mol. The minimum Gasteiger partial charge on any atom is -0.408 e. The summed E-state index contributed by atoms with van der Waals surface area (Å²) in [6, 6.07) is 6.84. The molecule has 0 N–H and O–H groups in total. The molecule has 2 aromatic rings. The summed E-state index contributed by atoms with van der Waals surface area (Å²) >= 11 is 0. The Bertz CT molecular complexity index is 1010. The lowest BCUT2D eigenvalue weighted by atomic mass is 9.95. The third kappa shape index (κ3) is 3.05. The highest BCUT2D eigenvalue weighted by Gasteiger charge is 2.39. The second-order valence-corrected chi connectivity index (χ2v) is 9.13. The maximum absolute atomic E-state index is 12.9. The zero-order chi connectivity index (χ0) is 18.5. The van der Waals surface area contributed by atoms with Crippen molar-refractivity contribution in [1.29, 1.82) is 0 Å². The van der Waals surface area contributed by atoms with Crippen LogP contribution >= 0.6 is 0 Å². The van der Waals surface area contributed by atoms with Gasteiger partial charge in [-0.05, 0) is 30.9 Å². The molecule has 3 saturated heterocycles. The number of para-hydroxylation sites is 2. The Morgan fingerprint density at radius 1 is 1.19 bits per heavy atom. The van der Waals surface area contributed by atoms with Gasteiger partial charge in [0, 0.05) is 25.7 Å². The number of amides is 1. The lowest BCUT2D eigenvalue weighted by Crippen LogP contribution is -2.49. The summed E-state index contributed by atoms with van der Waals surface area (Å²) in [4.78, 5) is 26.8. The second kappa shape index (κ2) is 6.24. The van der Waals surface area contributed by atoms with Gasteiger partial charge in [-0.2, -0.15) is 4.31 Å². The second-order valence-electron chi connectivity index (χ2n) is 7.15. The highest BCUT2D eigenvalue weighted by molar-refractivity contribution is 7.88. The van der Waals surface area contributed by atoms with Gasteiger partial charge in [-0.3, -0.25) is 9.36 Å². The molecule has 0 unspecified atom stereocenters. The van der Waals surface area contributed by atoms with Crippen LogP contribution < -0.4 is 5.76 Å². The summed E-state index contributed by atoms with van der Waals surface area (Å²) < 4.78 is 31.9. The van der Waals surface area contributed by atoms with E-state index < -0.39 is 15.8 Å². The monoisotopic (exact) mass is 379 g/mol. The van der Waals surface area contributed by atoms with Crippen LogP contribution in [0.25, 0.3) is 11.1 Å². The SMILES string of the molecule is CS(=O)(=O)N1C[C@H]2CC[C@@H](C1)N(C(=O)Cn1c(=O)oc3ccccc31)C2. The zero-order valence-corrected chi connectivity index (χ0v) is 15.3. The molecule has 0 radical (unpaired) electrons. The summed E-state index contributed by atoms with van der Waals surface area (Å²) in [5.41, 5.74) is 1.04. The Hall–Kier alpha value is -2.13. The van der Waals surface area contributed by atoms with E-state index in [9.17, 15) is 18.0 Å². The number of sulfonamides is 1. The van der Waals surface area contributed by atoms with Crippen LogP contribution in [0.3, 0.4) is 0 Å². The molecule has 1 aromatic heterocycles. The van der Waals surface area contributed by atoms with Crippen molar-refractivity contribution >= 4 is 27.0 Å². The van der Waals surface area contributed by atoms with Crippen LogP contribution in [0.5, 0.6) is 0 Å². The molecule has 1 aromatic carbocycles. The third-order valence-electron chi connectivity index (χ3n) is 5.34. The van der Waals surface area contributed by atoms with Crippen molar-refractivity contribution < 1.29 is 17.6 Å². The lowest BCUT2D eigenvalue weighted by Gasteiger charge is -2.36. The summed E-state index contributed by atoms with van der Waals surface area (Å²) in [5.74, 6) is -0.605. The van der Waals surface area contributed by atoms with E-state index in [4.69, 9.17) is 4.42 Å². The molecule has 0 aliphatic carbocycles. The van der Waals surface area contributed by atoms with Gasteiger partial charge in [0.05, 0.1) is 11.8 Å². The Balaban J connectivity index is 1.59. The number of carbonyl (C=O) groups excluding carboxylic acids is 1. The first-order valence-electron chi connectivity index (χ1n) is 8.66. The molecule has 2 bridgehead atoms. The number of nitrogens with zero attached hydrogens (tertiary/aromatic N) is 3. The van der Waals surface area contributed by atoms with Crippen LogP contribution in [0.1, 0.15) is 12.8 Å². The standard InChI is InChI=1S/C17H21N3O5S/c1-26(23,24)18-8-12-6-7-13(10-18)19(9-12)16(21)11-20-14-4-2-3-5-15(14)25-17(20)22/h2-5,12-13H,6-11H2,1H3/t12-,13+/m1/s1. The summed E-state index contributed by atoms with van der Waals surface area (Å²) in [7, 11) is -3.28. The Kier molecular flexibility index (Phi) is 4.15.